The van der Waals surface area contributed by atoms with E-state index < -0.39 is 24.3 Å². The molecule has 0 radical (unpaired) electrons. The number of carbonyl (C=O) groups is 2. The van der Waals surface area contributed by atoms with Gasteiger partial charge in [0.15, 0.2) is 6.23 Å². The summed E-state index contributed by atoms with van der Waals surface area (Å²) in [6.07, 6.45) is 9.23. The Balaban J connectivity index is 1.22. The van der Waals surface area contributed by atoms with Crippen LogP contribution in [-0.4, -0.2) is 45.7 Å². The lowest BCUT2D eigenvalue weighted by Crippen LogP contribution is -2.34. The van der Waals surface area contributed by atoms with Gasteiger partial charge in [0.1, 0.15) is 6.10 Å². The first kappa shape index (κ1) is 24.3. The van der Waals surface area contributed by atoms with Crippen LogP contribution in [0.2, 0.25) is 0 Å². The lowest BCUT2D eigenvalue weighted by Gasteiger charge is -2.23. The van der Waals surface area contributed by atoms with Crippen molar-refractivity contribution in [3.8, 4) is 5.69 Å². The van der Waals surface area contributed by atoms with Crippen LogP contribution >= 0.6 is 0 Å². The van der Waals surface area contributed by atoms with Gasteiger partial charge in [-0.15, -0.1) is 0 Å². The van der Waals surface area contributed by atoms with Gasteiger partial charge < -0.3 is 19.1 Å². The van der Waals surface area contributed by atoms with E-state index in [4.69, 9.17) is 9.47 Å². The summed E-state index contributed by atoms with van der Waals surface area (Å²) in [6, 6.07) is 8.27. The SMILES string of the molecule is CC(NCCC[C@@H](Cc1ncn2c1CCc1ccccc1-2)C(=O)O)OC(=O)OC1CCCCC1. The van der Waals surface area contributed by atoms with Crippen molar-refractivity contribution in [2.24, 2.45) is 5.92 Å². The molecule has 1 saturated carbocycles. The first-order chi connectivity index (χ1) is 16.5. The Labute approximate surface area is 200 Å². The van der Waals surface area contributed by atoms with E-state index in [1.54, 1.807) is 6.92 Å². The van der Waals surface area contributed by atoms with Crippen LogP contribution in [0.3, 0.4) is 0 Å². The van der Waals surface area contributed by atoms with E-state index in [2.05, 4.69) is 27.0 Å². The zero-order chi connectivity index (χ0) is 23.9. The molecule has 0 saturated heterocycles. The molecule has 1 unspecified atom stereocenters. The highest BCUT2D eigenvalue weighted by Gasteiger charge is 2.25. The van der Waals surface area contributed by atoms with E-state index in [0.717, 1.165) is 55.6 Å². The van der Waals surface area contributed by atoms with Crippen molar-refractivity contribution in [3.05, 3.63) is 47.5 Å². The monoisotopic (exact) mass is 469 g/mol. The summed E-state index contributed by atoms with van der Waals surface area (Å²) in [5.74, 6) is -1.32. The van der Waals surface area contributed by atoms with Gasteiger partial charge >= 0.3 is 12.1 Å². The number of carboxylic acids is 1. The summed E-state index contributed by atoms with van der Waals surface area (Å²) in [5, 5.41) is 12.9. The molecular weight excluding hydrogens is 434 g/mol. The molecule has 0 amide bonds. The minimum absolute atomic E-state index is 0.0352. The van der Waals surface area contributed by atoms with E-state index >= 15 is 0 Å². The van der Waals surface area contributed by atoms with Gasteiger partial charge in [0.2, 0.25) is 0 Å². The molecule has 1 aliphatic heterocycles. The molecule has 2 heterocycles. The number of imidazole rings is 1. The van der Waals surface area contributed by atoms with Crippen molar-refractivity contribution in [3.63, 3.8) is 0 Å². The fraction of sp³-hybridized carbons (Fsp3) is 0.577. The molecule has 2 N–H and O–H groups in total. The minimum Gasteiger partial charge on any atom is -0.481 e. The zero-order valence-corrected chi connectivity index (χ0v) is 19.9. The van der Waals surface area contributed by atoms with Gasteiger partial charge in [0.05, 0.1) is 17.9 Å². The quantitative estimate of drug-likeness (QED) is 0.302. The molecule has 1 fully saturated rings. The van der Waals surface area contributed by atoms with Crippen LogP contribution in [0.15, 0.2) is 30.6 Å². The standard InChI is InChI=1S/C26H35N3O5/c1-18(33-26(32)34-21-10-3-2-4-11-21)27-15-7-9-20(25(30)31)16-22-24-14-13-19-8-5-6-12-23(19)29(24)17-28-22/h5-6,8,12,17-18,20-21,27H,2-4,7,9-11,13-16H2,1H3,(H,30,31)/t18?,20-/m0/s1. The van der Waals surface area contributed by atoms with E-state index in [1.165, 1.54) is 12.0 Å². The molecule has 34 heavy (non-hydrogen) atoms. The number of para-hydroxylation sites is 1. The number of aryl methyl sites for hydroxylation is 1. The molecule has 0 bridgehead atoms. The summed E-state index contributed by atoms with van der Waals surface area (Å²) in [7, 11) is 0. The average Bonchev–Trinajstić information content (AvgIpc) is 3.24. The number of benzene rings is 1. The number of hydrogen-bond donors (Lipinski definition) is 2. The van der Waals surface area contributed by atoms with Crippen LogP contribution in [0.25, 0.3) is 5.69 Å². The molecule has 1 aliphatic carbocycles. The van der Waals surface area contributed by atoms with Crippen LogP contribution in [0.5, 0.6) is 0 Å². The normalized spacial score (nSPS) is 17.3. The first-order valence-electron chi connectivity index (χ1n) is 12.5. The van der Waals surface area contributed by atoms with Crippen molar-refractivity contribution >= 4 is 12.1 Å². The molecule has 1 aromatic heterocycles. The van der Waals surface area contributed by atoms with Crippen molar-refractivity contribution < 1.29 is 24.2 Å². The summed E-state index contributed by atoms with van der Waals surface area (Å²) in [6.45, 7) is 2.31. The summed E-state index contributed by atoms with van der Waals surface area (Å²) in [5.41, 5.74) is 4.41. The van der Waals surface area contributed by atoms with Gasteiger partial charge in [0, 0.05) is 17.8 Å². The molecule has 8 nitrogen and oxygen atoms in total. The Morgan fingerprint density at radius 3 is 2.79 bits per heavy atom. The van der Waals surface area contributed by atoms with Crippen LogP contribution in [0.1, 0.15) is 68.8 Å². The van der Waals surface area contributed by atoms with Crippen LogP contribution in [0.4, 0.5) is 4.79 Å². The molecular formula is C26H35N3O5. The fourth-order valence-corrected chi connectivity index (χ4v) is 5.00. The molecule has 4 rings (SSSR count). The van der Waals surface area contributed by atoms with E-state index in [1.807, 2.05) is 18.5 Å². The number of nitrogens with one attached hydrogen (secondary N) is 1. The topological polar surface area (TPSA) is 103 Å². The van der Waals surface area contributed by atoms with Gasteiger partial charge in [-0.1, -0.05) is 24.6 Å². The van der Waals surface area contributed by atoms with Crippen LogP contribution < -0.4 is 5.32 Å². The number of hydrogen-bond acceptors (Lipinski definition) is 6. The molecule has 0 spiro atoms. The number of aliphatic carboxylic acids is 1. The molecule has 8 heteroatoms. The number of carboxylic acid groups (broad SMARTS) is 1. The fourth-order valence-electron chi connectivity index (χ4n) is 5.00. The second-order valence-electron chi connectivity index (χ2n) is 9.36. The number of carbonyl (C=O) groups excluding carboxylic acids is 1. The van der Waals surface area contributed by atoms with Gasteiger partial charge in [-0.25, -0.2) is 9.78 Å². The average molecular weight is 470 g/mol. The number of ether oxygens (including phenoxy) is 2. The third-order valence-corrected chi connectivity index (χ3v) is 6.87. The maximum Gasteiger partial charge on any atom is 0.510 e. The summed E-state index contributed by atoms with van der Waals surface area (Å²) >= 11 is 0. The second kappa shape index (κ2) is 11.5. The van der Waals surface area contributed by atoms with Gasteiger partial charge in [0.25, 0.3) is 0 Å². The van der Waals surface area contributed by atoms with Gasteiger partial charge in [-0.2, -0.15) is 0 Å². The summed E-state index contributed by atoms with van der Waals surface area (Å²) in [4.78, 5) is 28.4. The maximum absolute atomic E-state index is 12.0. The van der Waals surface area contributed by atoms with Crippen molar-refractivity contribution in [1.82, 2.24) is 14.9 Å². The molecule has 2 aromatic rings. The largest absolute Gasteiger partial charge is 0.510 e. The minimum atomic E-state index is -0.807. The lowest BCUT2D eigenvalue weighted by molar-refractivity contribution is -0.142. The second-order valence-corrected chi connectivity index (χ2v) is 9.36. The highest BCUT2D eigenvalue weighted by molar-refractivity contribution is 5.70. The van der Waals surface area contributed by atoms with Crippen molar-refractivity contribution in [2.75, 3.05) is 6.54 Å². The number of nitrogens with zero attached hydrogens (tertiary/aromatic N) is 2. The molecule has 2 atom stereocenters. The third kappa shape index (κ3) is 6.17. The predicted molar refractivity (Wildman–Crippen MR) is 127 cm³/mol. The third-order valence-electron chi connectivity index (χ3n) is 6.87. The molecule has 184 valence electrons. The van der Waals surface area contributed by atoms with Gasteiger partial charge in [-0.05, 0) is 76.5 Å². The maximum atomic E-state index is 12.0. The lowest BCUT2D eigenvalue weighted by atomic mass is 9.94. The predicted octanol–water partition coefficient (Wildman–Crippen LogP) is 4.42. The zero-order valence-electron chi connectivity index (χ0n) is 19.9. The van der Waals surface area contributed by atoms with E-state index in [0.29, 0.717) is 25.8 Å². The van der Waals surface area contributed by atoms with Crippen molar-refractivity contribution in [1.29, 1.82) is 0 Å². The Morgan fingerprint density at radius 2 is 2.00 bits per heavy atom. The number of fused-ring (bicyclic) bond motifs is 3. The van der Waals surface area contributed by atoms with Crippen molar-refractivity contribution in [2.45, 2.75) is 83.5 Å². The Morgan fingerprint density at radius 1 is 1.21 bits per heavy atom. The van der Waals surface area contributed by atoms with Crippen LogP contribution in [-0.2, 0) is 33.5 Å². The molecule has 1 aromatic carbocycles. The highest BCUT2D eigenvalue weighted by Crippen LogP contribution is 2.28. The molecule has 2 aliphatic rings. The number of rotatable bonds is 10. The van der Waals surface area contributed by atoms with E-state index in [9.17, 15) is 14.7 Å². The van der Waals surface area contributed by atoms with Crippen LogP contribution in [0, 0.1) is 5.92 Å². The summed E-state index contributed by atoms with van der Waals surface area (Å²) < 4.78 is 12.8. The highest BCUT2D eigenvalue weighted by atomic mass is 16.7. The Hall–Kier alpha value is -2.87. The Kier molecular flexibility index (Phi) is 8.21. The Bertz CT molecular complexity index is 983. The smallest absolute Gasteiger partial charge is 0.481 e. The first-order valence-corrected chi connectivity index (χ1v) is 12.5. The number of aromatic nitrogens is 2. The van der Waals surface area contributed by atoms with E-state index in [-0.39, 0.29) is 6.10 Å². The van der Waals surface area contributed by atoms with Gasteiger partial charge in [-0.3, -0.25) is 10.1 Å².